The third kappa shape index (κ3) is 2.48. The number of aromatic nitrogens is 4. The fourth-order valence-electron chi connectivity index (χ4n) is 2.08. The minimum atomic E-state index is -0.500. The summed E-state index contributed by atoms with van der Waals surface area (Å²) < 4.78 is 1.28. The Morgan fingerprint density at radius 2 is 1.95 bits per heavy atom. The Hall–Kier alpha value is -2.05. The smallest absolute Gasteiger partial charge is 0.329 e. The highest BCUT2D eigenvalue weighted by molar-refractivity contribution is 6.42. The van der Waals surface area contributed by atoms with Gasteiger partial charge in [-0.05, 0) is 17.7 Å². The second-order valence-electron chi connectivity index (χ2n) is 4.63. The topological polar surface area (TPSA) is 83.5 Å². The number of halogens is 2. The minimum Gasteiger partial charge on any atom is -0.336 e. The number of aryl methyl sites for hydroxylation is 1. The van der Waals surface area contributed by atoms with Crippen molar-refractivity contribution in [3.63, 3.8) is 0 Å². The van der Waals surface area contributed by atoms with Gasteiger partial charge in [0.2, 0.25) is 0 Å². The number of imidazole rings is 1. The van der Waals surface area contributed by atoms with Crippen molar-refractivity contribution in [1.82, 2.24) is 19.5 Å². The molecule has 8 heteroatoms. The number of rotatable bonds is 2. The zero-order valence-corrected chi connectivity index (χ0v) is 12.4. The summed E-state index contributed by atoms with van der Waals surface area (Å²) in [6.07, 6.45) is 0.444. The zero-order valence-electron chi connectivity index (χ0n) is 10.9. The van der Waals surface area contributed by atoms with Crippen molar-refractivity contribution in [1.29, 1.82) is 0 Å². The molecule has 3 aromatic rings. The Labute approximate surface area is 128 Å². The van der Waals surface area contributed by atoms with Gasteiger partial charge >= 0.3 is 5.69 Å². The molecule has 21 heavy (non-hydrogen) atoms. The second kappa shape index (κ2) is 5.05. The standard InChI is InChI=1S/C13H10Cl2N4O2/c1-19-11-10(12(20)18-13(19)21)16-9(17-11)5-6-2-3-7(14)8(15)4-6/h2-4H,5H2,1H3,(H,16,17)(H,18,20,21). The summed E-state index contributed by atoms with van der Waals surface area (Å²) in [5.74, 6) is 0.565. The summed E-state index contributed by atoms with van der Waals surface area (Å²) in [5.41, 5.74) is 0.497. The van der Waals surface area contributed by atoms with Crippen LogP contribution in [-0.4, -0.2) is 19.5 Å². The van der Waals surface area contributed by atoms with Crippen LogP contribution in [0.2, 0.25) is 10.0 Å². The molecule has 0 aliphatic carbocycles. The molecule has 3 rings (SSSR count). The quantitative estimate of drug-likeness (QED) is 0.754. The van der Waals surface area contributed by atoms with Crippen LogP contribution in [0.1, 0.15) is 11.4 Å². The molecule has 0 fully saturated rings. The molecule has 0 amide bonds. The number of hydrogen-bond donors (Lipinski definition) is 2. The van der Waals surface area contributed by atoms with Crippen molar-refractivity contribution in [2.45, 2.75) is 6.42 Å². The zero-order chi connectivity index (χ0) is 15.1. The Morgan fingerprint density at radius 3 is 2.67 bits per heavy atom. The molecule has 2 N–H and O–H groups in total. The molecule has 0 saturated carbocycles. The van der Waals surface area contributed by atoms with Crippen LogP contribution in [0.5, 0.6) is 0 Å². The van der Waals surface area contributed by atoms with Crippen LogP contribution >= 0.6 is 23.2 Å². The molecular weight excluding hydrogens is 315 g/mol. The number of nitrogens with zero attached hydrogens (tertiary/aromatic N) is 2. The van der Waals surface area contributed by atoms with Crippen molar-refractivity contribution < 1.29 is 0 Å². The van der Waals surface area contributed by atoms with E-state index in [2.05, 4.69) is 15.0 Å². The van der Waals surface area contributed by atoms with Gasteiger partial charge in [0.05, 0.1) is 10.0 Å². The normalized spacial score (nSPS) is 11.2. The first-order chi connectivity index (χ1) is 9.95. The molecule has 0 radical (unpaired) electrons. The number of nitrogens with one attached hydrogen (secondary N) is 2. The van der Waals surface area contributed by atoms with Crippen LogP contribution < -0.4 is 11.2 Å². The van der Waals surface area contributed by atoms with E-state index >= 15 is 0 Å². The first-order valence-electron chi connectivity index (χ1n) is 6.07. The van der Waals surface area contributed by atoms with Gasteiger partial charge in [-0.3, -0.25) is 14.3 Å². The number of benzene rings is 1. The van der Waals surface area contributed by atoms with Crippen LogP contribution in [0.25, 0.3) is 11.2 Å². The lowest BCUT2D eigenvalue weighted by molar-refractivity contribution is 0.830. The molecule has 0 bridgehead atoms. The Kier molecular flexibility index (Phi) is 3.35. The van der Waals surface area contributed by atoms with Crippen LogP contribution in [0.15, 0.2) is 27.8 Å². The van der Waals surface area contributed by atoms with Gasteiger partial charge in [0, 0.05) is 13.5 Å². The number of fused-ring (bicyclic) bond motifs is 1. The van der Waals surface area contributed by atoms with Crippen molar-refractivity contribution in [2.24, 2.45) is 7.05 Å². The molecule has 6 nitrogen and oxygen atoms in total. The van der Waals surface area contributed by atoms with E-state index in [0.717, 1.165) is 5.56 Å². The molecule has 0 atom stereocenters. The lowest BCUT2D eigenvalue weighted by atomic mass is 10.1. The molecule has 0 aliphatic rings. The number of aromatic amines is 2. The van der Waals surface area contributed by atoms with Crippen molar-refractivity contribution in [3.05, 3.63) is 60.5 Å². The van der Waals surface area contributed by atoms with Gasteiger partial charge in [0.1, 0.15) is 11.3 Å². The number of H-pyrrole nitrogens is 2. The van der Waals surface area contributed by atoms with Crippen LogP contribution in [0.3, 0.4) is 0 Å². The molecule has 0 saturated heterocycles. The van der Waals surface area contributed by atoms with E-state index in [1.807, 2.05) is 6.07 Å². The predicted molar refractivity (Wildman–Crippen MR) is 81.2 cm³/mol. The summed E-state index contributed by atoms with van der Waals surface area (Å²) in [7, 11) is 1.55. The predicted octanol–water partition coefficient (Wildman–Crippen LogP) is 1.85. The SMILES string of the molecule is Cn1c(=O)[nH]c(=O)c2[nH]c(Cc3ccc(Cl)c(Cl)c3)nc21. The third-order valence-corrected chi connectivity index (χ3v) is 3.90. The Balaban J connectivity index is 2.07. The van der Waals surface area contributed by atoms with E-state index in [1.165, 1.54) is 4.57 Å². The maximum absolute atomic E-state index is 11.7. The van der Waals surface area contributed by atoms with Gasteiger partial charge in [-0.15, -0.1) is 0 Å². The van der Waals surface area contributed by atoms with Gasteiger partial charge in [0.25, 0.3) is 5.56 Å². The lowest BCUT2D eigenvalue weighted by Crippen LogP contribution is -2.28. The van der Waals surface area contributed by atoms with Crippen LogP contribution in [0, 0.1) is 0 Å². The molecule has 2 heterocycles. The van der Waals surface area contributed by atoms with Crippen molar-refractivity contribution in [3.8, 4) is 0 Å². The van der Waals surface area contributed by atoms with E-state index in [4.69, 9.17) is 23.2 Å². The van der Waals surface area contributed by atoms with Crippen LogP contribution in [-0.2, 0) is 13.5 Å². The van der Waals surface area contributed by atoms with E-state index in [0.29, 0.717) is 27.9 Å². The van der Waals surface area contributed by atoms with Crippen molar-refractivity contribution in [2.75, 3.05) is 0 Å². The maximum Gasteiger partial charge on any atom is 0.329 e. The van der Waals surface area contributed by atoms with Gasteiger partial charge in [-0.1, -0.05) is 29.3 Å². The summed E-state index contributed by atoms with van der Waals surface area (Å²) in [6, 6.07) is 5.26. The second-order valence-corrected chi connectivity index (χ2v) is 5.44. The molecule has 0 unspecified atom stereocenters. The maximum atomic E-state index is 11.7. The van der Waals surface area contributed by atoms with Gasteiger partial charge in [0.15, 0.2) is 5.65 Å². The fraction of sp³-hybridized carbons (Fsp3) is 0.154. The average molecular weight is 325 g/mol. The molecule has 0 spiro atoms. The molecule has 1 aromatic carbocycles. The fourth-order valence-corrected chi connectivity index (χ4v) is 2.40. The Morgan fingerprint density at radius 1 is 1.19 bits per heavy atom. The summed E-state index contributed by atoms with van der Waals surface area (Å²) >= 11 is 11.8. The van der Waals surface area contributed by atoms with Gasteiger partial charge < -0.3 is 4.98 Å². The van der Waals surface area contributed by atoms with E-state index in [-0.39, 0.29) is 5.52 Å². The Bertz CT molecular complexity index is 955. The monoisotopic (exact) mass is 324 g/mol. The summed E-state index contributed by atoms with van der Waals surface area (Å²) in [4.78, 5) is 32.7. The van der Waals surface area contributed by atoms with E-state index in [9.17, 15) is 9.59 Å². The first kappa shape index (κ1) is 13.9. The molecule has 108 valence electrons. The summed E-state index contributed by atoms with van der Waals surface area (Å²) in [5, 5.41) is 0.930. The largest absolute Gasteiger partial charge is 0.336 e. The minimum absolute atomic E-state index is 0.271. The highest BCUT2D eigenvalue weighted by atomic mass is 35.5. The molecular formula is C13H10Cl2N4O2. The van der Waals surface area contributed by atoms with Crippen LogP contribution in [0.4, 0.5) is 0 Å². The highest BCUT2D eigenvalue weighted by Gasteiger charge is 2.11. The van der Waals surface area contributed by atoms with Gasteiger partial charge in [-0.25, -0.2) is 9.78 Å². The van der Waals surface area contributed by atoms with Gasteiger partial charge in [-0.2, -0.15) is 0 Å². The van der Waals surface area contributed by atoms with E-state index < -0.39 is 11.2 Å². The third-order valence-electron chi connectivity index (χ3n) is 3.16. The molecule has 2 aromatic heterocycles. The highest BCUT2D eigenvalue weighted by Crippen LogP contribution is 2.23. The van der Waals surface area contributed by atoms with Crippen molar-refractivity contribution >= 4 is 34.4 Å². The average Bonchev–Trinajstić information content (AvgIpc) is 2.85. The number of hydrogen-bond acceptors (Lipinski definition) is 3. The summed E-state index contributed by atoms with van der Waals surface area (Å²) in [6.45, 7) is 0. The van der Waals surface area contributed by atoms with E-state index in [1.54, 1.807) is 19.2 Å². The first-order valence-corrected chi connectivity index (χ1v) is 6.83. The molecule has 0 aliphatic heterocycles. The lowest BCUT2D eigenvalue weighted by Gasteiger charge is -2.00.